The van der Waals surface area contributed by atoms with E-state index < -0.39 is 5.82 Å². The van der Waals surface area contributed by atoms with Gasteiger partial charge in [0.15, 0.2) is 5.13 Å². The molecule has 0 N–H and O–H groups in total. The molecule has 0 spiro atoms. The largest absolute Gasteiger partial charge is 0.278 e. The molecule has 3 heterocycles. The van der Waals surface area contributed by atoms with E-state index in [1.165, 1.54) is 22.3 Å². The fraction of sp³-hybridized carbons (Fsp3) is 0.158. The molecule has 3 aromatic heterocycles. The highest BCUT2D eigenvalue weighted by molar-refractivity contribution is 7.22. The van der Waals surface area contributed by atoms with Crippen LogP contribution in [0.1, 0.15) is 21.7 Å². The lowest BCUT2D eigenvalue weighted by Gasteiger charge is -2.19. The van der Waals surface area contributed by atoms with Gasteiger partial charge in [-0.05, 0) is 36.8 Å². The molecule has 4 rings (SSSR count). The van der Waals surface area contributed by atoms with Crippen LogP contribution >= 0.6 is 11.3 Å². The number of carbonyl (C=O) groups excluding carboxylic acids is 1. The van der Waals surface area contributed by atoms with E-state index >= 15 is 0 Å². The summed E-state index contributed by atoms with van der Waals surface area (Å²) in [6.07, 6.45) is 3.37. The fourth-order valence-electron chi connectivity index (χ4n) is 2.87. The maximum absolute atomic E-state index is 14.1. The van der Waals surface area contributed by atoms with Crippen LogP contribution in [0.5, 0.6) is 0 Å². The fourth-order valence-corrected chi connectivity index (χ4v) is 3.85. The van der Waals surface area contributed by atoms with Crippen LogP contribution in [0.25, 0.3) is 10.2 Å². The monoisotopic (exact) mass is 381 g/mol. The highest BCUT2D eigenvalue weighted by Crippen LogP contribution is 2.32. The van der Waals surface area contributed by atoms with Gasteiger partial charge in [-0.25, -0.2) is 9.37 Å². The molecule has 8 heteroatoms. The van der Waals surface area contributed by atoms with E-state index in [2.05, 4.69) is 15.1 Å². The third kappa shape index (κ3) is 3.31. The average Bonchev–Trinajstić information content (AvgIpc) is 3.23. The molecule has 0 aliphatic rings. The number of fused-ring (bicyclic) bond motifs is 1. The Morgan fingerprint density at radius 2 is 2.15 bits per heavy atom. The summed E-state index contributed by atoms with van der Waals surface area (Å²) in [6.45, 7) is 2.10. The molecule has 27 heavy (non-hydrogen) atoms. The minimum Gasteiger partial charge on any atom is -0.278 e. The van der Waals surface area contributed by atoms with Crippen molar-refractivity contribution in [2.24, 2.45) is 7.05 Å². The molecule has 0 atom stereocenters. The Labute approximate surface area is 158 Å². The van der Waals surface area contributed by atoms with E-state index in [0.717, 1.165) is 11.3 Å². The number of carbonyl (C=O) groups is 1. The number of rotatable bonds is 4. The molecule has 0 unspecified atom stereocenters. The number of pyridine rings is 1. The summed E-state index contributed by atoms with van der Waals surface area (Å²) in [5, 5.41) is 4.69. The van der Waals surface area contributed by atoms with E-state index in [9.17, 15) is 9.18 Å². The Kier molecular flexibility index (Phi) is 4.41. The molecule has 136 valence electrons. The maximum Gasteiger partial charge on any atom is 0.278 e. The van der Waals surface area contributed by atoms with Crippen molar-refractivity contribution in [3.05, 3.63) is 71.6 Å². The standard InChI is InChI=1S/C19H16FN5OS/c1-12-9-15(24(2)23-12)18(26)25(11-13-5-4-8-21-10-13)19-22-17-14(20)6-3-7-16(17)27-19/h3-10H,11H2,1-2H3. The van der Waals surface area contributed by atoms with Crippen LogP contribution in [0.3, 0.4) is 0 Å². The average molecular weight is 381 g/mol. The first-order chi connectivity index (χ1) is 13.0. The first kappa shape index (κ1) is 17.3. The molecule has 1 amide bonds. The second kappa shape index (κ2) is 6.88. The molecular formula is C19H16FN5OS. The number of nitrogens with zero attached hydrogens (tertiary/aromatic N) is 5. The molecule has 0 aliphatic heterocycles. The van der Waals surface area contributed by atoms with E-state index in [0.29, 0.717) is 15.5 Å². The number of benzene rings is 1. The Balaban J connectivity index is 1.80. The quantitative estimate of drug-likeness (QED) is 0.540. The van der Waals surface area contributed by atoms with Crippen molar-refractivity contribution >= 4 is 32.6 Å². The summed E-state index contributed by atoms with van der Waals surface area (Å²) < 4.78 is 16.3. The number of hydrogen-bond acceptors (Lipinski definition) is 5. The zero-order valence-corrected chi connectivity index (χ0v) is 15.6. The third-order valence-electron chi connectivity index (χ3n) is 4.12. The van der Waals surface area contributed by atoms with E-state index in [1.807, 2.05) is 19.1 Å². The van der Waals surface area contributed by atoms with Gasteiger partial charge in [-0.2, -0.15) is 5.10 Å². The van der Waals surface area contributed by atoms with Crippen molar-refractivity contribution in [1.82, 2.24) is 19.7 Å². The summed E-state index contributed by atoms with van der Waals surface area (Å²) in [7, 11) is 1.72. The summed E-state index contributed by atoms with van der Waals surface area (Å²) >= 11 is 1.28. The Morgan fingerprint density at radius 3 is 2.81 bits per heavy atom. The van der Waals surface area contributed by atoms with Crippen molar-refractivity contribution in [2.75, 3.05) is 4.90 Å². The van der Waals surface area contributed by atoms with Crippen LogP contribution in [0, 0.1) is 12.7 Å². The Morgan fingerprint density at radius 1 is 1.30 bits per heavy atom. The number of amides is 1. The second-order valence-corrected chi connectivity index (χ2v) is 7.14. The predicted molar refractivity (Wildman–Crippen MR) is 102 cm³/mol. The van der Waals surface area contributed by atoms with Crippen LogP contribution in [-0.2, 0) is 13.6 Å². The lowest BCUT2D eigenvalue weighted by molar-refractivity contribution is 0.0976. The number of thiazole rings is 1. The van der Waals surface area contributed by atoms with Gasteiger partial charge in [-0.3, -0.25) is 19.4 Å². The number of halogens is 1. The minimum absolute atomic E-state index is 0.249. The Hall–Kier alpha value is -3.13. The van der Waals surface area contributed by atoms with E-state index in [1.54, 1.807) is 42.3 Å². The van der Waals surface area contributed by atoms with E-state index in [-0.39, 0.29) is 18.0 Å². The number of aromatic nitrogens is 4. The van der Waals surface area contributed by atoms with Gasteiger partial charge in [0.05, 0.1) is 16.9 Å². The van der Waals surface area contributed by atoms with Crippen molar-refractivity contribution < 1.29 is 9.18 Å². The minimum atomic E-state index is -0.403. The second-order valence-electron chi connectivity index (χ2n) is 6.13. The summed E-state index contributed by atoms with van der Waals surface area (Å²) in [5.41, 5.74) is 2.31. The molecule has 0 saturated carbocycles. The number of anilines is 1. The van der Waals surface area contributed by atoms with Crippen LogP contribution in [0.4, 0.5) is 9.52 Å². The van der Waals surface area contributed by atoms with Gasteiger partial charge in [-0.15, -0.1) is 0 Å². The van der Waals surface area contributed by atoms with Gasteiger partial charge in [0.25, 0.3) is 5.91 Å². The van der Waals surface area contributed by atoms with Gasteiger partial charge in [-0.1, -0.05) is 23.5 Å². The van der Waals surface area contributed by atoms with Crippen molar-refractivity contribution in [1.29, 1.82) is 0 Å². The van der Waals surface area contributed by atoms with Crippen molar-refractivity contribution in [3.63, 3.8) is 0 Å². The van der Waals surface area contributed by atoms with Gasteiger partial charge in [0.1, 0.15) is 17.0 Å². The topological polar surface area (TPSA) is 63.9 Å². The van der Waals surface area contributed by atoms with Crippen molar-refractivity contribution in [2.45, 2.75) is 13.5 Å². The summed E-state index contributed by atoms with van der Waals surface area (Å²) in [6, 6.07) is 10.2. The van der Waals surface area contributed by atoms with Crippen LogP contribution in [0.15, 0.2) is 48.8 Å². The van der Waals surface area contributed by atoms with E-state index in [4.69, 9.17) is 0 Å². The zero-order chi connectivity index (χ0) is 19.0. The molecular weight excluding hydrogens is 365 g/mol. The molecule has 0 bridgehead atoms. The lowest BCUT2D eigenvalue weighted by atomic mass is 10.2. The SMILES string of the molecule is Cc1cc(C(=O)N(Cc2cccnc2)c2nc3c(F)cccc3s2)n(C)n1. The smallest absolute Gasteiger partial charge is 0.278 e. The van der Waals surface area contributed by atoms with Crippen molar-refractivity contribution in [3.8, 4) is 0 Å². The van der Waals surface area contributed by atoms with Gasteiger partial charge in [0.2, 0.25) is 0 Å². The summed E-state index contributed by atoms with van der Waals surface area (Å²) in [5.74, 6) is -0.651. The molecule has 6 nitrogen and oxygen atoms in total. The zero-order valence-electron chi connectivity index (χ0n) is 14.8. The first-order valence-corrected chi connectivity index (χ1v) is 9.11. The lowest BCUT2D eigenvalue weighted by Crippen LogP contribution is -2.31. The molecule has 0 radical (unpaired) electrons. The molecule has 0 aliphatic carbocycles. The van der Waals surface area contributed by atoms with Gasteiger partial charge < -0.3 is 0 Å². The van der Waals surface area contributed by atoms with Gasteiger partial charge >= 0.3 is 0 Å². The normalized spacial score (nSPS) is 11.1. The molecule has 1 aromatic carbocycles. The Bertz CT molecular complexity index is 1120. The highest BCUT2D eigenvalue weighted by Gasteiger charge is 2.25. The first-order valence-electron chi connectivity index (χ1n) is 8.29. The highest BCUT2D eigenvalue weighted by atomic mass is 32.1. The van der Waals surface area contributed by atoms with Crippen LogP contribution < -0.4 is 4.90 Å². The predicted octanol–water partition coefficient (Wildman–Crippen LogP) is 3.72. The van der Waals surface area contributed by atoms with Crippen LogP contribution in [-0.4, -0.2) is 25.7 Å². The third-order valence-corrected chi connectivity index (χ3v) is 5.16. The van der Waals surface area contributed by atoms with Crippen LogP contribution in [0.2, 0.25) is 0 Å². The molecule has 4 aromatic rings. The number of hydrogen-bond donors (Lipinski definition) is 0. The number of para-hydroxylation sites is 1. The maximum atomic E-state index is 14.1. The van der Waals surface area contributed by atoms with Gasteiger partial charge in [0, 0.05) is 19.4 Å². The summed E-state index contributed by atoms with van der Waals surface area (Å²) in [4.78, 5) is 23.3. The number of aryl methyl sites for hydroxylation is 2. The molecule has 0 fully saturated rings. The molecule has 0 saturated heterocycles.